The number of pyridine rings is 1. The van der Waals surface area contributed by atoms with Crippen molar-refractivity contribution >= 4 is 17.5 Å². The molecule has 0 aromatic carbocycles. The molecular formula is C21H33N7. The molecule has 1 aliphatic rings. The van der Waals surface area contributed by atoms with Crippen molar-refractivity contribution in [3.8, 4) is 0 Å². The van der Waals surface area contributed by atoms with Gasteiger partial charge in [-0.05, 0) is 39.8 Å². The maximum atomic E-state index is 4.49. The monoisotopic (exact) mass is 383 g/mol. The predicted octanol–water partition coefficient (Wildman–Crippen LogP) is 2.73. The van der Waals surface area contributed by atoms with Crippen LogP contribution in [0.15, 0.2) is 36.8 Å². The first kappa shape index (κ1) is 20.3. The number of rotatable bonds is 8. The Kier molecular flexibility index (Phi) is 7.03. The predicted molar refractivity (Wildman–Crippen MR) is 116 cm³/mol. The van der Waals surface area contributed by atoms with E-state index in [2.05, 4.69) is 74.8 Å². The molecule has 0 spiro atoms. The van der Waals surface area contributed by atoms with Crippen LogP contribution >= 0.6 is 0 Å². The fraction of sp³-hybridized carbons (Fsp3) is 0.571. The SMILES string of the molecule is CC(C)N(CCNc1cc(N2CCN(c3ccccn3)CC2)ncn1)C(C)C. The van der Waals surface area contributed by atoms with Gasteiger partial charge in [-0.25, -0.2) is 15.0 Å². The standard InChI is InChI=1S/C21H33N7/c1-17(2)28(18(3)4)10-9-22-19-15-21(25-16-24-19)27-13-11-26(12-14-27)20-7-5-6-8-23-20/h5-8,15-18H,9-14H2,1-4H3,(H,22,24,25). The average molecular weight is 384 g/mol. The van der Waals surface area contributed by atoms with E-state index < -0.39 is 0 Å². The summed E-state index contributed by atoms with van der Waals surface area (Å²) in [6.45, 7) is 14.6. The Morgan fingerprint density at radius 3 is 2.21 bits per heavy atom. The highest BCUT2D eigenvalue weighted by molar-refractivity contribution is 5.50. The van der Waals surface area contributed by atoms with E-state index in [1.54, 1.807) is 6.33 Å². The van der Waals surface area contributed by atoms with Crippen LogP contribution in [0.3, 0.4) is 0 Å². The molecule has 3 rings (SSSR count). The van der Waals surface area contributed by atoms with Gasteiger partial charge in [0.1, 0.15) is 23.8 Å². The maximum absolute atomic E-state index is 4.49. The molecule has 0 saturated carbocycles. The third-order valence-electron chi connectivity index (χ3n) is 5.23. The van der Waals surface area contributed by atoms with Gasteiger partial charge in [-0.2, -0.15) is 0 Å². The van der Waals surface area contributed by atoms with Crippen molar-refractivity contribution in [1.82, 2.24) is 19.9 Å². The lowest BCUT2D eigenvalue weighted by molar-refractivity contribution is 0.182. The molecule has 0 aliphatic carbocycles. The molecule has 0 atom stereocenters. The van der Waals surface area contributed by atoms with Gasteiger partial charge in [-0.1, -0.05) is 6.07 Å². The van der Waals surface area contributed by atoms with E-state index in [1.807, 2.05) is 18.3 Å². The van der Waals surface area contributed by atoms with Crippen molar-refractivity contribution in [3.05, 3.63) is 36.8 Å². The molecule has 1 fully saturated rings. The zero-order valence-corrected chi connectivity index (χ0v) is 17.5. The molecule has 7 nitrogen and oxygen atoms in total. The minimum atomic E-state index is 0.540. The van der Waals surface area contributed by atoms with E-state index in [9.17, 15) is 0 Å². The van der Waals surface area contributed by atoms with Gasteiger partial charge in [0.15, 0.2) is 0 Å². The second-order valence-electron chi connectivity index (χ2n) is 7.78. The Hall–Kier alpha value is -2.41. The molecule has 0 unspecified atom stereocenters. The molecule has 2 aromatic rings. The van der Waals surface area contributed by atoms with Crippen LogP contribution < -0.4 is 15.1 Å². The van der Waals surface area contributed by atoms with Crippen LogP contribution in [0.25, 0.3) is 0 Å². The minimum absolute atomic E-state index is 0.540. The Morgan fingerprint density at radius 2 is 1.61 bits per heavy atom. The van der Waals surface area contributed by atoms with Gasteiger partial charge in [0, 0.05) is 63.6 Å². The summed E-state index contributed by atoms with van der Waals surface area (Å²) in [5, 5.41) is 3.46. The van der Waals surface area contributed by atoms with Crippen LogP contribution in [-0.4, -0.2) is 71.2 Å². The lowest BCUT2D eigenvalue weighted by Gasteiger charge is -2.36. The van der Waals surface area contributed by atoms with E-state index in [0.717, 1.165) is 56.7 Å². The highest BCUT2D eigenvalue weighted by atomic mass is 15.3. The van der Waals surface area contributed by atoms with Crippen LogP contribution in [0.2, 0.25) is 0 Å². The van der Waals surface area contributed by atoms with Gasteiger partial charge in [0.25, 0.3) is 0 Å². The Morgan fingerprint density at radius 1 is 0.929 bits per heavy atom. The number of aromatic nitrogens is 3. The first-order valence-corrected chi connectivity index (χ1v) is 10.3. The molecule has 3 heterocycles. The van der Waals surface area contributed by atoms with Gasteiger partial charge in [-0.15, -0.1) is 0 Å². The van der Waals surface area contributed by atoms with Crippen LogP contribution in [0.1, 0.15) is 27.7 Å². The molecule has 1 N–H and O–H groups in total. The Labute approximate surface area is 168 Å². The van der Waals surface area contributed by atoms with Crippen molar-refractivity contribution in [2.24, 2.45) is 0 Å². The minimum Gasteiger partial charge on any atom is -0.369 e. The number of piperazine rings is 1. The number of hydrogen-bond donors (Lipinski definition) is 1. The highest BCUT2D eigenvalue weighted by Gasteiger charge is 2.19. The molecule has 28 heavy (non-hydrogen) atoms. The molecule has 1 aliphatic heterocycles. The summed E-state index contributed by atoms with van der Waals surface area (Å²) < 4.78 is 0. The zero-order valence-electron chi connectivity index (χ0n) is 17.5. The molecule has 1 saturated heterocycles. The first-order valence-electron chi connectivity index (χ1n) is 10.3. The van der Waals surface area contributed by atoms with E-state index in [-0.39, 0.29) is 0 Å². The van der Waals surface area contributed by atoms with E-state index >= 15 is 0 Å². The molecular weight excluding hydrogens is 350 g/mol. The van der Waals surface area contributed by atoms with Gasteiger partial charge < -0.3 is 15.1 Å². The number of nitrogens with one attached hydrogen (secondary N) is 1. The summed E-state index contributed by atoms with van der Waals surface area (Å²) >= 11 is 0. The largest absolute Gasteiger partial charge is 0.369 e. The molecule has 0 amide bonds. The number of hydrogen-bond acceptors (Lipinski definition) is 7. The van der Waals surface area contributed by atoms with Gasteiger partial charge >= 0.3 is 0 Å². The lowest BCUT2D eigenvalue weighted by atomic mass is 10.2. The van der Waals surface area contributed by atoms with Crippen molar-refractivity contribution in [2.45, 2.75) is 39.8 Å². The third-order valence-corrected chi connectivity index (χ3v) is 5.23. The van der Waals surface area contributed by atoms with Crippen LogP contribution in [0.4, 0.5) is 17.5 Å². The van der Waals surface area contributed by atoms with Gasteiger partial charge in [0.05, 0.1) is 0 Å². The van der Waals surface area contributed by atoms with Crippen LogP contribution in [0.5, 0.6) is 0 Å². The molecule has 0 bridgehead atoms. The Bertz CT molecular complexity index is 704. The van der Waals surface area contributed by atoms with E-state index in [0.29, 0.717) is 12.1 Å². The van der Waals surface area contributed by atoms with Crippen LogP contribution in [-0.2, 0) is 0 Å². The summed E-state index contributed by atoms with van der Waals surface area (Å²) in [5.41, 5.74) is 0. The summed E-state index contributed by atoms with van der Waals surface area (Å²) in [6, 6.07) is 9.20. The smallest absolute Gasteiger partial charge is 0.134 e. The average Bonchev–Trinajstić information content (AvgIpc) is 2.71. The third kappa shape index (κ3) is 5.32. The molecule has 152 valence electrons. The van der Waals surface area contributed by atoms with Crippen molar-refractivity contribution in [3.63, 3.8) is 0 Å². The summed E-state index contributed by atoms with van der Waals surface area (Å²) in [5.74, 6) is 2.93. The molecule has 2 aromatic heterocycles. The zero-order chi connectivity index (χ0) is 19.9. The maximum Gasteiger partial charge on any atom is 0.134 e. The quantitative estimate of drug-likeness (QED) is 0.752. The van der Waals surface area contributed by atoms with Crippen molar-refractivity contribution in [1.29, 1.82) is 0 Å². The number of anilines is 3. The molecule has 7 heteroatoms. The van der Waals surface area contributed by atoms with Gasteiger partial charge in [0.2, 0.25) is 0 Å². The summed E-state index contributed by atoms with van der Waals surface area (Å²) in [7, 11) is 0. The highest BCUT2D eigenvalue weighted by Crippen LogP contribution is 2.18. The van der Waals surface area contributed by atoms with E-state index in [1.165, 1.54) is 0 Å². The fourth-order valence-electron chi connectivity index (χ4n) is 3.75. The second kappa shape index (κ2) is 9.68. The summed E-state index contributed by atoms with van der Waals surface area (Å²) in [6.07, 6.45) is 3.51. The topological polar surface area (TPSA) is 60.4 Å². The summed E-state index contributed by atoms with van der Waals surface area (Å²) in [4.78, 5) is 20.5. The molecule has 0 radical (unpaired) electrons. The van der Waals surface area contributed by atoms with Crippen molar-refractivity contribution < 1.29 is 0 Å². The van der Waals surface area contributed by atoms with Gasteiger partial charge in [-0.3, -0.25) is 4.90 Å². The fourth-order valence-corrected chi connectivity index (χ4v) is 3.75. The van der Waals surface area contributed by atoms with Crippen molar-refractivity contribution in [2.75, 3.05) is 54.4 Å². The van der Waals surface area contributed by atoms with E-state index in [4.69, 9.17) is 0 Å². The second-order valence-corrected chi connectivity index (χ2v) is 7.78. The number of nitrogens with zero attached hydrogens (tertiary/aromatic N) is 6. The lowest BCUT2D eigenvalue weighted by Crippen LogP contribution is -2.47. The Balaban J connectivity index is 1.52. The van der Waals surface area contributed by atoms with Crippen LogP contribution in [0, 0.1) is 0 Å². The normalized spacial score (nSPS) is 15.0. The first-order chi connectivity index (χ1) is 13.5.